The van der Waals surface area contributed by atoms with E-state index in [9.17, 15) is 10.1 Å². The molecule has 2 N–H and O–H groups in total. The largest absolute Gasteiger partial charge is 0.438 e. The van der Waals surface area contributed by atoms with Gasteiger partial charge in [0.2, 0.25) is 5.88 Å². The van der Waals surface area contributed by atoms with Crippen molar-refractivity contribution in [1.29, 1.82) is 0 Å². The third-order valence-electron chi connectivity index (χ3n) is 2.94. The quantitative estimate of drug-likeness (QED) is 0.585. The van der Waals surface area contributed by atoms with Gasteiger partial charge in [0.15, 0.2) is 0 Å². The molecule has 0 atom stereocenters. The molecule has 0 aliphatic heterocycles. The highest BCUT2D eigenvalue weighted by Crippen LogP contribution is 2.34. The molecule has 0 bridgehead atoms. The van der Waals surface area contributed by atoms with Gasteiger partial charge < -0.3 is 10.5 Å². The van der Waals surface area contributed by atoms with Crippen LogP contribution in [0.3, 0.4) is 0 Å². The van der Waals surface area contributed by atoms with Gasteiger partial charge in [0.05, 0.1) is 10.3 Å². The van der Waals surface area contributed by atoms with E-state index in [1.807, 2.05) is 0 Å². The van der Waals surface area contributed by atoms with Gasteiger partial charge in [-0.2, -0.15) is 0 Å². The first-order valence-corrected chi connectivity index (χ1v) is 6.06. The number of nitrogens with two attached hydrogens (primary N) is 1. The Morgan fingerprint density at radius 3 is 2.57 bits per heavy atom. The highest BCUT2D eigenvalue weighted by molar-refractivity contribution is 5.95. The molecule has 0 amide bonds. The van der Waals surface area contributed by atoms with Gasteiger partial charge in [-0.25, -0.2) is 9.97 Å². The first kappa shape index (κ1) is 12.8. The number of aromatic nitrogens is 2. The fourth-order valence-corrected chi connectivity index (χ4v) is 2.03. The summed E-state index contributed by atoms with van der Waals surface area (Å²) in [5.41, 5.74) is 5.60. The summed E-state index contributed by atoms with van der Waals surface area (Å²) in [6.45, 7) is 0. The normalized spacial score (nSPS) is 10.5. The average molecular weight is 282 g/mol. The van der Waals surface area contributed by atoms with Crippen molar-refractivity contribution in [2.24, 2.45) is 0 Å². The number of anilines is 1. The smallest absolute Gasteiger partial charge is 0.277 e. The molecular formula is C14H10N4O3. The molecule has 104 valence electrons. The molecule has 1 heterocycles. The molecule has 1 aromatic heterocycles. The molecule has 21 heavy (non-hydrogen) atoms. The molecule has 0 fully saturated rings. The Hall–Kier alpha value is -3.22. The van der Waals surface area contributed by atoms with Gasteiger partial charge in [-0.1, -0.05) is 18.2 Å². The van der Waals surface area contributed by atoms with Crippen LogP contribution in [0.25, 0.3) is 10.8 Å². The fraction of sp³-hybridized carbons (Fsp3) is 0. The second-order valence-corrected chi connectivity index (χ2v) is 4.27. The third kappa shape index (κ3) is 2.44. The summed E-state index contributed by atoms with van der Waals surface area (Å²) in [6, 6.07) is 11.4. The highest BCUT2D eigenvalue weighted by Gasteiger charge is 2.15. The molecule has 3 aromatic rings. The van der Waals surface area contributed by atoms with Crippen molar-refractivity contribution in [3.8, 4) is 11.6 Å². The van der Waals surface area contributed by atoms with Crippen molar-refractivity contribution in [3.05, 3.63) is 58.9 Å². The molecule has 0 aliphatic carbocycles. The summed E-state index contributed by atoms with van der Waals surface area (Å²) in [7, 11) is 0. The molecule has 0 saturated carbocycles. The van der Waals surface area contributed by atoms with Crippen LogP contribution in [0.15, 0.2) is 48.8 Å². The summed E-state index contributed by atoms with van der Waals surface area (Å²) in [6.07, 6.45) is 1.29. The standard InChI is InChI=1S/C14H10N4O3/c15-13-7-14(17-8-16-13)21-12-6-5-11(18(19)20)9-3-1-2-4-10(9)12/h1-8H,(H2,15,16,17). The predicted octanol–water partition coefficient (Wildman–Crippen LogP) is 2.91. The number of ether oxygens (including phenoxy) is 1. The number of nitrogen functional groups attached to an aromatic ring is 1. The van der Waals surface area contributed by atoms with Crippen LogP contribution in [0.5, 0.6) is 11.6 Å². The van der Waals surface area contributed by atoms with E-state index < -0.39 is 4.92 Å². The number of fused-ring (bicyclic) bond motifs is 1. The minimum atomic E-state index is -0.422. The minimum absolute atomic E-state index is 0.0279. The second kappa shape index (κ2) is 5.04. The van der Waals surface area contributed by atoms with Crippen LogP contribution in [-0.4, -0.2) is 14.9 Å². The zero-order chi connectivity index (χ0) is 14.8. The summed E-state index contributed by atoms with van der Waals surface area (Å²) in [4.78, 5) is 18.4. The van der Waals surface area contributed by atoms with Crippen LogP contribution >= 0.6 is 0 Å². The van der Waals surface area contributed by atoms with Gasteiger partial charge in [-0.05, 0) is 12.1 Å². The number of nitro groups is 1. The number of hydrogen-bond donors (Lipinski definition) is 1. The first-order valence-electron chi connectivity index (χ1n) is 6.06. The van der Waals surface area contributed by atoms with Crippen LogP contribution in [-0.2, 0) is 0 Å². The number of nitro benzene ring substituents is 1. The average Bonchev–Trinajstić information content (AvgIpc) is 2.47. The predicted molar refractivity (Wildman–Crippen MR) is 77.1 cm³/mol. The van der Waals surface area contributed by atoms with E-state index in [1.165, 1.54) is 18.5 Å². The summed E-state index contributed by atoms with van der Waals surface area (Å²) in [5, 5.41) is 12.2. The van der Waals surface area contributed by atoms with E-state index in [2.05, 4.69) is 9.97 Å². The molecule has 2 aromatic carbocycles. The SMILES string of the molecule is Nc1cc(Oc2ccc([N+](=O)[O-])c3ccccc23)ncn1. The molecule has 0 spiro atoms. The Morgan fingerprint density at radius 1 is 1.10 bits per heavy atom. The topological polar surface area (TPSA) is 104 Å². The van der Waals surface area contributed by atoms with Gasteiger partial charge in [0, 0.05) is 17.5 Å². The third-order valence-corrected chi connectivity index (χ3v) is 2.94. The Kier molecular flexibility index (Phi) is 3.07. The van der Waals surface area contributed by atoms with Crippen molar-refractivity contribution < 1.29 is 9.66 Å². The van der Waals surface area contributed by atoms with Crippen molar-refractivity contribution in [2.45, 2.75) is 0 Å². The van der Waals surface area contributed by atoms with Crippen LogP contribution in [0.4, 0.5) is 11.5 Å². The minimum Gasteiger partial charge on any atom is -0.438 e. The lowest BCUT2D eigenvalue weighted by Crippen LogP contribution is -1.95. The lowest BCUT2D eigenvalue weighted by molar-refractivity contribution is -0.383. The number of benzene rings is 2. The first-order chi connectivity index (χ1) is 10.1. The van der Waals surface area contributed by atoms with Crippen molar-refractivity contribution in [2.75, 3.05) is 5.73 Å². The summed E-state index contributed by atoms with van der Waals surface area (Å²) < 4.78 is 5.65. The van der Waals surface area contributed by atoms with Gasteiger partial charge in [-0.3, -0.25) is 10.1 Å². The Balaban J connectivity index is 2.12. The van der Waals surface area contributed by atoms with Crippen molar-refractivity contribution in [1.82, 2.24) is 9.97 Å². The molecule has 0 unspecified atom stereocenters. The number of nitrogens with zero attached hydrogens (tertiary/aromatic N) is 3. The van der Waals surface area contributed by atoms with E-state index in [-0.39, 0.29) is 17.4 Å². The van der Waals surface area contributed by atoms with Crippen LogP contribution in [0.1, 0.15) is 0 Å². The van der Waals surface area contributed by atoms with Crippen molar-refractivity contribution in [3.63, 3.8) is 0 Å². The van der Waals surface area contributed by atoms with Crippen LogP contribution in [0, 0.1) is 10.1 Å². The number of non-ortho nitro benzene ring substituents is 1. The van der Waals surface area contributed by atoms with E-state index in [4.69, 9.17) is 10.5 Å². The summed E-state index contributed by atoms with van der Waals surface area (Å²) >= 11 is 0. The zero-order valence-corrected chi connectivity index (χ0v) is 10.8. The van der Waals surface area contributed by atoms with Gasteiger partial charge >= 0.3 is 0 Å². The molecular weight excluding hydrogens is 272 g/mol. The Morgan fingerprint density at radius 2 is 1.86 bits per heavy atom. The van der Waals surface area contributed by atoms with Gasteiger partial charge in [0.1, 0.15) is 17.9 Å². The van der Waals surface area contributed by atoms with E-state index in [0.717, 1.165) is 0 Å². The second-order valence-electron chi connectivity index (χ2n) is 4.27. The van der Waals surface area contributed by atoms with Crippen LogP contribution < -0.4 is 10.5 Å². The molecule has 0 aliphatic rings. The lowest BCUT2D eigenvalue weighted by atomic mass is 10.1. The molecule has 7 heteroatoms. The molecule has 0 radical (unpaired) electrons. The maximum atomic E-state index is 11.1. The van der Waals surface area contributed by atoms with Crippen molar-refractivity contribution >= 4 is 22.3 Å². The lowest BCUT2D eigenvalue weighted by Gasteiger charge is -2.08. The molecule has 0 saturated heterocycles. The number of hydrogen-bond acceptors (Lipinski definition) is 6. The fourth-order valence-electron chi connectivity index (χ4n) is 2.03. The molecule has 7 nitrogen and oxygen atoms in total. The Labute approximate surface area is 119 Å². The summed E-state index contributed by atoms with van der Waals surface area (Å²) in [5.74, 6) is 1.03. The highest BCUT2D eigenvalue weighted by atomic mass is 16.6. The maximum Gasteiger partial charge on any atom is 0.277 e. The van der Waals surface area contributed by atoms with Gasteiger partial charge in [-0.15, -0.1) is 0 Å². The zero-order valence-electron chi connectivity index (χ0n) is 10.8. The maximum absolute atomic E-state index is 11.1. The van der Waals surface area contributed by atoms with E-state index in [0.29, 0.717) is 16.5 Å². The number of rotatable bonds is 3. The monoisotopic (exact) mass is 282 g/mol. The van der Waals surface area contributed by atoms with E-state index in [1.54, 1.807) is 30.3 Å². The molecule has 3 rings (SSSR count). The van der Waals surface area contributed by atoms with Gasteiger partial charge in [0.25, 0.3) is 5.69 Å². The van der Waals surface area contributed by atoms with E-state index >= 15 is 0 Å². The van der Waals surface area contributed by atoms with Crippen LogP contribution in [0.2, 0.25) is 0 Å². The Bertz CT molecular complexity index is 835.